The Bertz CT molecular complexity index is 1720. The van der Waals surface area contributed by atoms with Gasteiger partial charge in [0.15, 0.2) is 6.04 Å². The normalized spacial score (nSPS) is 14.5. The van der Waals surface area contributed by atoms with Crippen LogP contribution in [0.1, 0.15) is 33.3 Å². The van der Waals surface area contributed by atoms with Crippen molar-refractivity contribution in [3.63, 3.8) is 0 Å². The molecule has 1 fully saturated rings. The second kappa shape index (κ2) is 12.5. The summed E-state index contributed by atoms with van der Waals surface area (Å²) in [6.07, 6.45) is 4.86. The zero-order valence-corrected chi connectivity index (χ0v) is 25.1. The first-order chi connectivity index (χ1) is 20.1. The van der Waals surface area contributed by atoms with Gasteiger partial charge in [-0.15, -0.1) is 0 Å². The molecule has 4 aromatic rings. The summed E-state index contributed by atoms with van der Waals surface area (Å²) in [4.78, 5) is 29.9. The van der Waals surface area contributed by atoms with Crippen molar-refractivity contribution < 1.29 is 13.2 Å². The third kappa shape index (κ3) is 6.09. The van der Waals surface area contributed by atoms with Gasteiger partial charge < -0.3 is 15.5 Å². The molecule has 12 heteroatoms. The lowest BCUT2D eigenvalue weighted by atomic mass is 10.2. The van der Waals surface area contributed by atoms with Crippen LogP contribution in [0.4, 0.5) is 27.4 Å². The molecule has 0 spiro atoms. The summed E-state index contributed by atoms with van der Waals surface area (Å²) in [5, 5.41) is 6.87. The molecule has 1 atom stereocenters. The Kier molecular flexibility index (Phi) is 8.74. The summed E-state index contributed by atoms with van der Waals surface area (Å²) in [6, 6.07) is 8.38. The lowest BCUT2D eigenvalue weighted by Crippen LogP contribution is -2.43. The van der Waals surface area contributed by atoms with Crippen molar-refractivity contribution in [1.82, 2.24) is 24.8 Å². The highest BCUT2D eigenvalue weighted by Crippen LogP contribution is 2.26. The van der Waals surface area contributed by atoms with Crippen LogP contribution >= 0.6 is 0 Å². The summed E-state index contributed by atoms with van der Waals surface area (Å²) >= 11 is 0. The topological polar surface area (TPSA) is 108 Å². The smallest absolute Gasteiger partial charge is 0.324 e. The predicted octanol–water partition coefficient (Wildman–Crippen LogP) is 3.80. The van der Waals surface area contributed by atoms with Gasteiger partial charge in [-0.05, 0) is 38.1 Å². The molecule has 1 saturated heterocycles. The monoisotopic (exact) mass is 591 g/mol. The van der Waals surface area contributed by atoms with Crippen LogP contribution in [0.5, 0.6) is 0 Å². The average Bonchev–Trinajstić information content (AvgIpc) is 2.98. The van der Waals surface area contributed by atoms with E-state index in [9.17, 15) is 9.00 Å². The van der Waals surface area contributed by atoms with Crippen molar-refractivity contribution in [2.75, 3.05) is 36.4 Å². The number of pyridine rings is 2. The lowest BCUT2D eigenvalue weighted by molar-refractivity contribution is -0.468. The molecule has 0 bridgehead atoms. The minimum atomic E-state index is -1.29. The van der Waals surface area contributed by atoms with Crippen molar-refractivity contribution in [2.24, 2.45) is 0 Å². The van der Waals surface area contributed by atoms with E-state index in [2.05, 4.69) is 32.3 Å². The average molecular weight is 592 g/mol. The minimum Gasteiger partial charge on any atom is -0.367 e. The summed E-state index contributed by atoms with van der Waals surface area (Å²) in [7, 11) is -1.29. The van der Waals surface area contributed by atoms with Gasteiger partial charge in [0, 0.05) is 77.6 Å². The third-order valence-corrected chi connectivity index (χ3v) is 8.92. The Morgan fingerprint density at radius 3 is 2.60 bits per heavy atom. The SMILES string of the molecule is C=[N+](c1cc2cnc(Nc3ccc(N4CCNCC4)c(F)c3)nc2n(Cc2cnccc2S(=O)C(C)C)c1=O)C(C)C. The van der Waals surface area contributed by atoms with Crippen molar-refractivity contribution in [3.8, 4) is 0 Å². The predicted molar refractivity (Wildman–Crippen MR) is 166 cm³/mol. The highest BCUT2D eigenvalue weighted by molar-refractivity contribution is 7.85. The number of halogens is 1. The molecule has 1 aliphatic rings. The quantitative estimate of drug-likeness (QED) is 0.224. The Morgan fingerprint density at radius 2 is 1.90 bits per heavy atom. The molecule has 0 amide bonds. The van der Waals surface area contributed by atoms with Gasteiger partial charge in [0.05, 0.1) is 23.0 Å². The second-order valence-electron chi connectivity index (χ2n) is 10.8. The number of nitrogens with zero attached hydrogens (tertiary/aromatic N) is 6. The summed E-state index contributed by atoms with van der Waals surface area (Å²) < 4.78 is 31.3. The fraction of sp³-hybridized carbons (Fsp3) is 0.367. The standard InChI is InChI=1S/C30H35FN8O2S/c1-19(2)37(5)26-14-21-17-34-30(35-23-6-7-25(24(31)15-23)38-12-10-32-11-13-38)36-28(21)39(29(26)40)18-22-16-33-9-8-27(22)42(41)20(3)4/h6-9,14-17,19-20,32H,5,10-13,18H2,1-4H3/p+1. The van der Waals surface area contributed by atoms with E-state index in [1.807, 2.05) is 32.6 Å². The Hall–Kier alpha value is -4.03. The number of nitrogens with one attached hydrogen (secondary N) is 2. The maximum atomic E-state index is 15.1. The van der Waals surface area contributed by atoms with Gasteiger partial charge in [-0.2, -0.15) is 9.56 Å². The number of rotatable bonds is 9. The fourth-order valence-electron chi connectivity index (χ4n) is 4.86. The summed E-state index contributed by atoms with van der Waals surface area (Å²) in [5.41, 5.74) is 2.17. The molecule has 0 aliphatic carbocycles. The number of piperazine rings is 1. The molecule has 1 aliphatic heterocycles. The van der Waals surface area contributed by atoms with Crippen LogP contribution in [0, 0.1) is 5.82 Å². The number of fused-ring (bicyclic) bond motifs is 1. The van der Waals surface area contributed by atoms with Crippen molar-refractivity contribution in [1.29, 1.82) is 0 Å². The van der Waals surface area contributed by atoms with E-state index in [0.29, 0.717) is 38.6 Å². The van der Waals surface area contributed by atoms with E-state index < -0.39 is 10.8 Å². The molecule has 42 heavy (non-hydrogen) atoms. The van der Waals surface area contributed by atoms with E-state index in [-0.39, 0.29) is 35.2 Å². The summed E-state index contributed by atoms with van der Waals surface area (Å²) in [6.45, 7) is 14.9. The van der Waals surface area contributed by atoms with Crippen molar-refractivity contribution in [3.05, 3.63) is 70.7 Å². The Balaban J connectivity index is 1.56. The molecule has 4 heterocycles. The first-order valence-corrected chi connectivity index (χ1v) is 15.2. The third-order valence-electron chi connectivity index (χ3n) is 7.23. The molecule has 0 saturated carbocycles. The van der Waals surface area contributed by atoms with Crippen LogP contribution in [0.2, 0.25) is 0 Å². The zero-order valence-electron chi connectivity index (χ0n) is 24.3. The minimum absolute atomic E-state index is 0.0353. The Morgan fingerprint density at radius 1 is 1.14 bits per heavy atom. The van der Waals surface area contributed by atoms with Crippen molar-refractivity contribution >= 4 is 51.6 Å². The van der Waals surface area contributed by atoms with Crippen LogP contribution in [0.15, 0.2) is 58.6 Å². The van der Waals surface area contributed by atoms with Crippen LogP contribution in [-0.2, 0) is 17.3 Å². The van der Waals surface area contributed by atoms with E-state index >= 15 is 4.39 Å². The molecule has 1 aromatic carbocycles. The van der Waals surface area contributed by atoms with Gasteiger partial charge in [-0.3, -0.25) is 18.6 Å². The largest absolute Gasteiger partial charge is 0.367 e. The van der Waals surface area contributed by atoms with Gasteiger partial charge in [0.1, 0.15) is 18.2 Å². The second-order valence-corrected chi connectivity index (χ2v) is 12.8. The van der Waals surface area contributed by atoms with Gasteiger partial charge in [0.25, 0.3) is 5.69 Å². The van der Waals surface area contributed by atoms with Crippen LogP contribution < -0.4 is 21.1 Å². The van der Waals surface area contributed by atoms with Crippen LogP contribution in [0.3, 0.4) is 0 Å². The number of hydrogen-bond acceptors (Lipinski definition) is 8. The first kappa shape index (κ1) is 29.5. The molecule has 3 aromatic heterocycles. The molecule has 0 radical (unpaired) electrons. The molecule has 220 valence electrons. The highest BCUT2D eigenvalue weighted by Gasteiger charge is 2.23. The Labute approximate surface area is 246 Å². The molecule has 1 unspecified atom stereocenters. The van der Waals surface area contributed by atoms with E-state index in [4.69, 9.17) is 0 Å². The number of hydrogen-bond donors (Lipinski definition) is 2. The molecule has 2 N–H and O–H groups in total. The van der Waals surface area contributed by atoms with Gasteiger partial charge in [-0.25, -0.2) is 9.37 Å². The van der Waals surface area contributed by atoms with Gasteiger partial charge in [-0.1, -0.05) is 13.8 Å². The van der Waals surface area contributed by atoms with Crippen molar-refractivity contribution in [2.45, 2.75) is 50.4 Å². The van der Waals surface area contributed by atoms with Gasteiger partial charge >= 0.3 is 5.56 Å². The maximum Gasteiger partial charge on any atom is 0.324 e. The highest BCUT2D eigenvalue weighted by atomic mass is 32.2. The van der Waals surface area contributed by atoms with Gasteiger partial charge in [0.2, 0.25) is 5.95 Å². The molecular formula is C30H36FN8O2S+. The molecule has 5 rings (SSSR count). The number of aromatic nitrogens is 4. The van der Waals surface area contributed by atoms with E-state index in [1.54, 1.807) is 47.4 Å². The van der Waals surface area contributed by atoms with Crippen LogP contribution in [-0.4, -0.2) is 72.5 Å². The lowest BCUT2D eigenvalue weighted by Gasteiger charge is -2.29. The fourth-order valence-corrected chi connectivity index (χ4v) is 5.94. The van der Waals surface area contributed by atoms with E-state index in [1.165, 1.54) is 10.6 Å². The van der Waals surface area contributed by atoms with Crippen LogP contribution in [0.25, 0.3) is 11.0 Å². The first-order valence-electron chi connectivity index (χ1n) is 14.0. The molecule has 10 nitrogen and oxygen atoms in total. The zero-order chi connectivity index (χ0) is 30.0. The summed E-state index contributed by atoms with van der Waals surface area (Å²) in [5.74, 6) is -0.124. The maximum absolute atomic E-state index is 15.1. The number of anilines is 3. The molecular weight excluding hydrogens is 555 g/mol. The van der Waals surface area contributed by atoms with E-state index in [0.717, 1.165) is 26.2 Å². The number of benzene rings is 1.